The average molecular weight is 260 g/mol. The minimum Gasteiger partial charge on any atom is -0.264 e. The summed E-state index contributed by atoms with van der Waals surface area (Å²) in [4.78, 5) is 8.51. The highest BCUT2D eigenvalue weighted by molar-refractivity contribution is 7.13. The Labute approximate surface area is 111 Å². The van der Waals surface area contributed by atoms with Gasteiger partial charge in [0.25, 0.3) is 0 Å². The van der Waals surface area contributed by atoms with Crippen LogP contribution in [0.4, 0.5) is 5.13 Å². The Morgan fingerprint density at radius 3 is 2.83 bits per heavy atom. The van der Waals surface area contributed by atoms with Crippen LogP contribution in [0.5, 0.6) is 0 Å². The van der Waals surface area contributed by atoms with Crippen molar-refractivity contribution in [3.63, 3.8) is 0 Å². The van der Waals surface area contributed by atoms with E-state index in [2.05, 4.69) is 46.6 Å². The maximum atomic E-state index is 4.49. The van der Waals surface area contributed by atoms with Crippen LogP contribution >= 0.6 is 11.3 Å². The van der Waals surface area contributed by atoms with E-state index in [4.69, 9.17) is 0 Å². The van der Waals surface area contributed by atoms with E-state index in [0.29, 0.717) is 0 Å². The van der Waals surface area contributed by atoms with E-state index in [0.717, 1.165) is 16.4 Å². The number of rotatable bonds is 3. The molecule has 0 aliphatic carbocycles. The van der Waals surface area contributed by atoms with Gasteiger partial charge in [0.15, 0.2) is 0 Å². The summed E-state index contributed by atoms with van der Waals surface area (Å²) in [7, 11) is 0. The summed E-state index contributed by atoms with van der Waals surface area (Å²) < 4.78 is 0. The van der Waals surface area contributed by atoms with Gasteiger partial charge >= 0.3 is 0 Å². The second-order valence-electron chi connectivity index (χ2n) is 4.94. The molecule has 0 aliphatic heterocycles. The quantitative estimate of drug-likeness (QED) is 0.680. The Morgan fingerprint density at radius 1 is 1.39 bits per heavy atom. The first-order valence-electron chi connectivity index (χ1n) is 5.71. The summed E-state index contributed by atoms with van der Waals surface area (Å²) in [6.07, 6.45) is 5.22. The molecule has 0 fully saturated rings. The van der Waals surface area contributed by atoms with Gasteiger partial charge < -0.3 is 0 Å². The zero-order chi connectivity index (χ0) is 13.0. The summed E-state index contributed by atoms with van der Waals surface area (Å²) in [5.74, 6) is 0. The first-order valence-corrected chi connectivity index (χ1v) is 6.59. The van der Waals surface area contributed by atoms with Crippen molar-refractivity contribution in [1.82, 2.24) is 9.97 Å². The van der Waals surface area contributed by atoms with Crippen molar-refractivity contribution < 1.29 is 0 Å². The number of thiazole rings is 1. The normalized spacial score (nSPS) is 11.9. The molecule has 4 nitrogen and oxygen atoms in total. The van der Waals surface area contributed by atoms with E-state index in [-0.39, 0.29) is 5.41 Å². The number of aromatic nitrogens is 2. The summed E-state index contributed by atoms with van der Waals surface area (Å²) in [6.45, 7) is 6.43. The molecule has 0 bridgehead atoms. The van der Waals surface area contributed by atoms with Crippen LogP contribution < -0.4 is 5.43 Å². The Hall–Kier alpha value is -1.75. The van der Waals surface area contributed by atoms with Gasteiger partial charge in [-0.05, 0) is 6.07 Å². The zero-order valence-corrected chi connectivity index (χ0v) is 11.5. The molecular weight excluding hydrogens is 244 g/mol. The van der Waals surface area contributed by atoms with Crippen LogP contribution in [-0.4, -0.2) is 16.2 Å². The molecule has 0 unspecified atom stereocenters. The third-order valence-electron chi connectivity index (χ3n) is 2.33. The lowest BCUT2D eigenvalue weighted by atomic mass is 9.93. The van der Waals surface area contributed by atoms with Crippen molar-refractivity contribution in [2.24, 2.45) is 5.10 Å². The topological polar surface area (TPSA) is 50.2 Å². The second kappa shape index (κ2) is 5.27. The van der Waals surface area contributed by atoms with Gasteiger partial charge in [-0.2, -0.15) is 5.10 Å². The average Bonchev–Trinajstić information content (AvgIpc) is 2.79. The van der Waals surface area contributed by atoms with E-state index in [1.165, 1.54) is 0 Å². The van der Waals surface area contributed by atoms with Crippen molar-refractivity contribution in [2.45, 2.75) is 26.2 Å². The number of hydrazone groups is 1. The standard InChI is InChI=1S/C13H16N4S/c1-13(2,3)11-9-18-12(16-11)17-15-8-10-5-4-6-14-7-10/h4-9H,1-3H3,(H,16,17)/b15-8-. The van der Waals surface area contributed by atoms with Crippen LogP contribution in [-0.2, 0) is 5.41 Å². The molecule has 0 aliphatic rings. The first-order chi connectivity index (χ1) is 8.55. The number of pyridine rings is 1. The van der Waals surface area contributed by atoms with E-state index < -0.39 is 0 Å². The molecule has 0 amide bonds. The Bertz CT molecular complexity index is 525. The molecule has 18 heavy (non-hydrogen) atoms. The summed E-state index contributed by atoms with van der Waals surface area (Å²) >= 11 is 1.56. The molecule has 0 radical (unpaired) electrons. The van der Waals surface area contributed by atoms with E-state index >= 15 is 0 Å². The minimum atomic E-state index is 0.0729. The van der Waals surface area contributed by atoms with Crippen molar-refractivity contribution in [3.8, 4) is 0 Å². The molecule has 0 spiro atoms. The Balaban J connectivity index is 1.99. The summed E-state index contributed by atoms with van der Waals surface area (Å²) in [5, 5.41) is 7.00. The number of anilines is 1. The van der Waals surface area contributed by atoms with Crippen LogP contribution in [0.2, 0.25) is 0 Å². The van der Waals surface area contributed by atoms with Crippen LogP contribution in [0.15, 0.2) is 35.0 Å². The lowest BCUT2D eigenvalue weighted by Crippen LogP contribution is -2.11. The molecule has 2 aromatic rings. The van der Waals surface area contributed by atoms with E-state index in [1.54, 1.807) is 29.9 Å². The van der Waals surface area contributed by atoms with E-state index in [9.17, 15) is 0 Å². The molecule has 0 aromatic carbocycles. The molecule has 94 valence electrons. The van der Waals surface area contributed by atoms with Gasteiger partial charge in [-0.25, -0.2) is 4.98 Å². The van der Waals surface area contributed by atoms with E-state index in [1.807, 2.05) is 12.1 Å². The largest absolute Gasteiger partial charge is 0.264 e. The first kappa shape index (κ1) is 12.7. The summed E-state index contributed by atoms with van der Waals surface area (Å²) in [6, 6.07) is 3.82. The van der Waals surface area contributed by atoms with Crippen LogP contribution in [0.1, 0.15) is 32.0 Å². The zero-order valence-electron chi connectivity index (χ0n) is 10.7. The van der Waals surface area contributed by atoms with Gasteiger partial charge in [-0.1, -0.05) is 26.8 Å². The predicted octanol–water partition coefficient (Wildman–Crippen LogP) is 3.28. The van der Waals surface area contributed by atoms with Gasteiger partial charge in [0.05, 0.1) is 11.9 Å². The van der Waals surface area contributed by atoms with Gasteiger partial charge in [-0.3, -0.25) is 10.4 Å². The molecule has 2 heterocycles. The molecule has 5 heteroatoms. The van der Waals surface area contributed by atoms with Crippen LogP contribution in [0, 0.1) is 0 Å². The maximum absolute atomic E-state index is 4.49. The highest BCUT2D eigenvalue weighted by atomic mass is 32.1. The number of hydrogen-bond acceptors (Lipinski definition) is 5. The van der Waals surface area contributed by atoms with Gasteiger partial charge in [0.1, 0.15) is 0 Å². The molecule has 2 rings (SSSR count). The Morgan fingerprint density at radius 2 is 2.22 bits per heavy atom. The fourth-order valence-electron chi connectivity index (χ4n) is 1.28. The highest BCUT2D eigenvalue weighted by Gasteiger charge is 2.17. The summed E-state index contributed by atoms with van der Waals surface area (Å²) in [5.41, 5.74) is 5.04. The van der Waals surface area contributed by atoms with Crippen LogP contribution in [0.25, 0.3) is 0 Å². The number of hydrogen-bond donors (Lipinski definition) is 1. The van der Waals surface area contributed by atoms with Crippen molar-refractivity contribution in [1.29, 1.82) is 0 Å². The number of nitrogens with zero attached hydrogens (tertiary/aromatic N) is 3. The van der Waals surface area contributed by atoms with Gasteiger partial charge in [-0.15, -0.1) is 11.3 Å². The van der Waals surface area contributed by atoms with Gasteiger partial charge in [0.2, 0.25) is 5.13 Å². The number of nitrogens with one attached hydrogen (secondary N) is 1. The SMILES string of the molecule is CC(C)(C)c1csc(N/N=C\c2cccnc2)n1. The molecule has 0 saturated heterocycles. The molecule has 0 atom stereocenters. The lowest BCUT2D eigenvalue weighted by molar-refractivity contribution is 0.573. The van der Waals surface area contributed by atoms with Crippen molar-refractivity contribution in [2.75, 3.05) is 5.43 Å². The maximum Gasteiger partial charge on any atom is 0.203 e. The fourth-order valence-corrected chi connectivity index (χ4v) is 2.17. The second-order valence-corrected chi connectivity index (χ2v) is 5.80. The fraction of sp³-hybridized carbons (Fsp3) is 0.308. The van der Waals surface area contributed by atoms with Gasteiger partial charge in [0, 0.05) is 28.8 Å². The van der Waals surface area contributed by atoms with Crippen molar-refractivity contribution in [3.05, 3.63) is 41.2 Å². The third kappa shape index (κ3) is 3.37. The molecule has 0 saturated carbocycles. The molecule has 2 aromatic heterocycles. The monoisotopic (exact) mass is 260 g/mol. The molecule has 1 N–H and O–H groups in total. The highest BCUT2D eigenvalue weighted by Crippen LogP contribution is 2.26. The predicted molar refractivity (Wildman–Crippen MR) is 76.3 cm³/mol. The van der Waals surface area contributed by atoms with Crippen LogP contribution in [0.3, 0.4) is 0 Å². The van der Waals surface area contributed by atoms with Crippen molar-refractivity contribution >= 4 is 22.7 Å². The lowest BCUT2D eigenvalue weighted by Gasteiger charge is -2.13. The Kier molecular flexibility index (Phi) is 3.72. The smallest absolute Gasteiger partial charge is 0.203 e. The minimum absolute atomic E-state index is 0.0729. The molecular formula is C13H16N4S. The third-order valence-corrected chi connectivity index (χ3v) is 3.08.